The van der Waals surface area contributed by atoms with Gasteiger partial charge < -0.3 is 10.5 Å². The van der Waals surface area contributed by atoms with E-state index in [1.807, 2.05) is 24.3 Å². The molecule has 1 unspecified atom stereocenters. The van der Waals surface area contributed by atoms with E-state index in [0.717, 1.165) is 11.3 Å². The van der Waals surface area contributed by atoms with Crippen LogP contribution in [-0.2, 0) is 4.74 Å². The topological polar surface area (TPSA) is 35.2 Å². The van der Waals surface area contributed by atoms with E-state index in [1.165, 1.54) is 0 Å². The van der Waals surface area contributed by atoms with Crippen LogP contribution in [0.15, 0.2) is 24.3 Å². The Morgan fingerprint density at radius 2 is 2.00 bits per heavy atom. The largest absolute Gasteiger partial charge is 0.399 e. The predicted molar refractivity (Wildman–Crippen MR) is 55.4 cm³/mol. The van der Waals surface area contributed by atoms with Gasteiger partial charge in [0.25, 0.3) is 0 Å². The molecule has 2 heteroatoms. The summed E-state index contributed by atoms with van der Waals surface area (Å²) < 4.78 is 5.40. The molecule has 0 saturated heterocycles. The van der Waals surface area contributed by atoms with Gasteiger partial charge in [0.2, 0.25) is 0 Å². The second kappa shape index (κ2) is 4.28. The second-order valence-corrected chi connectivity index (χ2v) is 3.57. The van der Waals surface area contributed by atoms with Crippen LogP contribution in [0.25, 0.3) is 0 Å². The summed E-state index contributed by atoms with van der Waals surface area (Å²) in [7, 11) is 1.73. The smallest absolute Gasteiger partial charge is 0.0844 e. The molecule has 2 N–H and O–H groups in total. The highest BCUT2D eigenvalue weighted by Gasteiger charge is 2.14. The van der Waals surface area contributed by atoms with Gasteiger partial charge in [-0.1, -0.05) is 26.0 Å². The van der Waals surface area contributed by atoms with Crippen molar-refractivity contribution >= 4 is 5.69 Å². The predicted octanol–water partition coefficient (Wildman–Crippen LogP) is 2.61. The summed E-state index contributed by atoms with van der Waals surface area (Å²) in [6.45, 7) is 4.27. The molecule has 1 aromatic rings. The molecular weight excluding hydrogens is 162 g/mol. The van der Waals surface area contributed by atoms with E-state index in [-0.39, 0.29) is 6.10 Å². The Bertz CT molecular complexity index is 271. The lowest BCUT2D eigenvalue weighted by atomic mass is 9.99. The number of benzene rings is 1. The van der Waals surface area contributed by atoms with E-state index in [9.17, 15) is 0 Å². The van der Waals surface area contributed by atoms with Crippen molar-refractivity contribution in [2.45, 2.75) is 20.0 Å². The third-order valence-electron chi connectivity index (χ3n) is 2.10. The molecule has 0 aliphatic carbocycles. The summed E-state index contributed by atoms with van der Waals surface area (Å²) in [4.78, 5) is 0. The molecule has 0 fully saturated rings. The molecular formula is C11H17NO. The molecule has 0 aliphatic rings. The van der Waals surface area contributed by atoms with Crippen LogP contribution in [0, 0.1) is 5.92 Å². The molecule has 0 saturated carbocycles. The van der Waals surface area contributed by atoms with Crippen LogP contribution >= 0.6 is 0 Å². The monoisotopic (exact) mass is 179 g/mol. The van der Waals surface area contributed by atoms with Gasteiger partial charge in [0.15, 0.2) is 0 Å². The summed E-state index contributed by atoms with van der Waals surface area (Å²) >= 11 is 0. The number of nitrogen functional groups attached to an aromatic ring is 1. The summed E-state index contributed by atoms with van der Waals surface area (Å²) in [6, 6.07) is 7.86. The molecule has 13 heavy (non-hydrogen) atoms. The maximum Gasteiger partial charge on any atom is 0.0844 e. The first kappa shape index (κ1) is 10.1. The second-order valence-electron chi connectivity index (χ2n) is 3.57. The van der Waals surface area contributed by atoms with E-state index in [1.54, 1.807) is 7.11 Å². The number of ether oxygens (including phenoxy) is 1. The van der Waals surface area contributed by atoms with Gasteiger partial charge in [0.05, 0.1) is 6.10 Å². The van der Waals surface area contributed by atoms with Gasteiger partial charge in [-0.15, -0.1) is 0 Å². The van der Waals surface area contributed by atoms with E-state index in [0.29, 0.717) is 5.92 Å². The van der Waals surface area contributed by atoms with Crippen LogP contribution in [0.4, 0.5) is 5.69 Å². The van der Waals surface area contributed by atoms with Crippen molar-refractivity contribution in [1.29, 1.82) is 0 Å². The number of nitrogens with two attached hydrogens (primary N) is 1. The highest BCUT2D eigenvalue weighted by atomic mass is 16.5. The maximum absolute atomic E-state index is 5.70. The molecule has 2 nitrogen and oxygen atoms in total. The normalized spacial score (nSPS) is 13.2. The van der Waals surface area contributed by atoms with Crippen molar-refractivity contribution in [2.75, 3.05) is 12.8 Å². The highest BCUT2D eigenvalue weighted by Crippen LogP contribution is 2.25. The molecule has 72 valence electrons. The Hall–Kier alpha value is -1.02. The lowest BCUT2D eigenvalue weighted by Gasteiger charge is -2.19. The number of methoxy groups -OCH3 is 1. The van der Waals surface area contributed by atoms with Crippen LogP contribution in [0.1, 0.15) is 25.5 Å². The number of rotatable bonds is 3. The first-order chi connectivity index (χ1) is 6.15. The fourth-order valence-electron chi connectivity index (χ4n) is 1.53. The van der Waals surface area contributed by atoms with Crippen LogP contribution in [0.5, 0.6) is 0 Å². The van der Waals surface area contributed by atoms with Crippen LogP contribution in [0.3, 0.4) is 0 Å². The molecule has 0 aliphatic heterocycles. The minimum absolute atomic E-state index is 0.142. The summed E-state index contributed by atoms with van der Waals surface area (Å²) in [6.07, 6.45) is 0.142. The van der Waals surface area contributed by atoms with E-state index in [2.05, 4.69) is 13.8 Å². The van der Waals surface area contributed by atoms with E-state index < -0.39 is 0 Å². The molecule has 0 heterocycles. The van der Waals surface area contributed by atoms with Crippen LogP contribution in [0.2, 0.25) is 0 Å². The van der Waals surface area contributed by atoms with E-state index in [4.69, 9.17) is 10.5 Å². The molecule has 0 spiro atoms. The minimum Gasteiger partial charge on any atom is -0.399 e. The Kier molecular flexibility index (Phi) is 3.32. The lowest BCUT2D eigenvalue weighted by Crippen LogP contribution is -2.08. The van der Waals surface area contributed by atoms with Crippen molar-refractivity contribution in [3.05, 3.63) is 29.8 Å². The first-order valence-electron chi connectivity index (χ1n) is 4.53. The standard InChI is InChI=1S/C11H17NO/c1-8(2)11(13-3)9-5-4-6-10(12)7-9/h4-8,11H,12H2,1-3H3. The van der Waals surface area contributed by atoms with Crippen molar-refractivity contribution < 1.29 is 4.74 Å². The quantitative estimate of drug-likeness (QED) is 0.724. The van der Waals surface area contributed by atoms with Gasteiger partial charge in [0.1, 0.15) is 0 Å². The SMILES string of the molecule is COC(c1cccc(N)c1)C(C)C. The molecule has 0 amide bonds. The molecule has 1 aromatic carbocycles. The zero-order valence-corrected chi connectivity index (χ0v) is 8.45. The minimum atomic E-state index is 0.142. The van der Waals surface area contributed by atoms with Crippen molar-refractivity contribution in [3.8, 4) is 0 Å². The molecule has 1 rings (SSSR count). The Morgan fingerprint density at radius 3 is 2.46 bits per heavy atom. The van der Waals surface area contributed by atoms with Crippen molar-refractivity contribution in [3.63, 3.8) is 0 Å². The summed E-state index contributed by atoms with van der Waals surface area (Å²) in [5.41, 5.74) is 7.64. The van der Waals surface area contributed by atoms with Gasteiger partial charge in [-0.2, -0.15) is 0 Å². The third-order valence-corrected chi connectivity index (χ3v) is 2.10. The fourth-order valence-corrected chi connectivity index (χ4v) is 1.53. The Morgan fingerprint density at radius 1 is 1.31 bits per heavy atom. The number of hydrogen-bond acceptors (Lipinski definition) is 2. The van der Waals surface area contributed by atoms with Gasteiger partial charge in [-0.05, 0) is 23.6 Å². The van der Waals surface area contributed by atoms with Crippen LogP contribution < -0.4 is 5.73 Å². The Labute approximate surface area is 79.7 Å². The average molecular weight is 179 g/mol. The molecule has 0 radical (unpaired) electrons. The number of anilines is 1. The lowest BCUT2D eigenvalue weighted by molar-refractivity contribution is 0.0647. The van der Waals surface area contributed by atoms with Crippen LogP contribution in [-0.4, -0.2) is 7.11 Å². The van der Waals surface area contributed by atoms with E-state index >= 15 is 0 Å². The highest BCUT2D eigenvalue weighted by molar-refractivity contribution is 5.41. The Balaban J connectivity index is 2.91. The summed E-state index contributed by atoms with van der Waals surface area (Å²) in [5.74, 6) is 0.465. The average Bonchev–Trinajstić information content (AvgIpc) is 2.04. The zero-order valence-electron chi connectivity index (χ0n) is 8.45. The molecule has 0 aromatic heterocycles. The van der Waals surface area contributed by atoms with Gasteiger partial charge in [-0.3, -0.25) is 0 Å². The van der Waals surface area contributed by atoms with Crippen molar-refractivity contribution in [2.24, 2.45) is 5.92 Å². The van der Waals surface area contributed by atoms with Gasteiger partial charge in [0, 0.05) is 12.8 Å². The molecule has 0 bridgehead atoms. The van der Waals surface area contributed by atoms with Gasteiger partial charge in [-0.25, -0.2) is 0 Å². The number of hydrogen-bond donors (Lipinski definition) is 1. The fraction of sp³-hybridized carbons (Fsp3) is 0.455. The maximum atomic E-state index is 5.70. The first-order valence-corrected chi connectivity index (χ1v) is 4.53. The zero-order chi connectivity index (χ0) is 9.84. The van der Waals surface area contributed by atoms with Gasteiger partial charge >= 0.3 is 0 Å². The summed E-state index contributed by atoms with van der Waals surface area (Å²) in [5, 5.41) is 0. The molecule has 1 atom stereocenters. The van der Waals surface area contributed by atoms with Crippen molar-refractivity contribution in [1.82, 2.24) is 0 Å². The third kappa shape index (κ3) is 2.46.